The monoisotopic (exact) mass is 215 g/mol. The lowest BCUT2D eigenvalue weighted by Crippen LogP contribution is -2.09. The summed E-state index contributed by atoms with van der Waals surface area (Å²) >= 11 is 0. The van der Waals surface area contributed by atoms with E-state index in [0.29, 0.717) is 6.54 Å². The van der Waals surface area contributed by atoms with Crippen molar-refractivity contribution in [2.45, 2.75) is 26.9 Å². The lowest BCUT2D eigenvalue weighted by atomic mass is 10.1. The summed E-state index contributed by atoms with van der Waals surface area (Å²) in [7, 11) is 0. The number of hydrogen-bond donors (Lipinski definition) is 1. The van der Waals surface area contributed by atoms with Crippen LogP contribution in [0.4, 0.5) is 0 Å². The molecule has 1 heterocycles. The van der Waals surface area contributed by atoms with Gasteiger partial charge in [0.15, 0.2) is 0 Å². The van der Waals surface area contributed by atoms with Gasteiger partial charge in [-0.05, 0) is 19.4 Å². The van der Waals surface area contributed by atoms with Gasteiger partial charge in [0.05, 0.1) is 5.69 Å². The Bertz CT molecular complexity index is 468. The van der Waals surface area contributed by atoms with Crippen LogP contribution >= 0.6 is 0 Å². The Kier molecular flexibility index (Phi) is 3.06. The van der Waals surface area contributed by atoms with Crippen molar-refractivity contribution in [1.82, 2.24) is 9.55 Å². The van der Waals surface area contributed by atoms with Gasteiger partial charge in [-0.3, -0.25) is 0 Å². The summed E-state index contributed by atoms with van der Waals surface area (Å²) in [6, 6.07) is 8.55. The van der Waals surface area contributed by atoms with Crippen molar-refractivity contribution in [3.05, 3.63) is 53.1 Å². The van der Waals surface area contributed by atoms with Crippen molar-refractivity contribution < 1.29 is 0 Å². The van der Waals surface area contributed by atoms with Gasteiger partial charge in [0.2, 0.25) is 0 Å². The van der Waals surface area contributed by atoms with Crippen molar-refractivity contribution in [3.8, 4) is 0 Å². The zero-order valence-corrected chi connectivity index (χ0v) is 9.77. The first-order valence-corrected chi connectivity index (χ1v) is 5.47. The molecular formula is C13H17N3. The first-order valence-electron chi connectivity index (χ1n) is 5.47. The van der Waals surface area contributed by atoms with Crippen molar-refractivity contribution in [1.29, 1.82) is 0 Å². The van der Waals surface area contributed by atoms with Crippen LogP contribution in [0.5, 0.6) is 0 Å². The minimum absolute atomic E-state index is 0.534. The molecule has 0 amide bonds. The van der Waals surface area contributed by atoms with Gasteiger partial charge in [-0.1, -0.05) is 29.8 Å². The molecule has 1 aromatic carbocycles. The third-order valence-corrected chi connectivity index (χ3v) is 2.81. The first kappa shape index (κ1) is 10.9. The Morgan fingerprint density at radius 1 is 1.19 bits per heavy atom. The maximum atomic E-state index is 5.68. The maximum absolute atomic E-state index is 5.68. The topological polar surface area (TPSA) is 43.8 Å². The van der Waals surface area contributed by atoms with E-state index in [2.05, 4.69) is 40.7 Å². The second kappa shape index (κ2) is 4.49. The second-order valence-corrected chi connectivity index (χ2v) is 4.07. The number of nitrogens with zero attached hydrogens (tertiary/aromatic N) is 2. The Labute approximate surface area is 95.9 Å². The van der Waals surface area contributed by atoms with E-state index >= 15 is 0 Å². The van der Waals surface area contributed by atoms with E-state index in [4.69, 9.17) is 5.73 Å². The standard InChI is InChI=1S/C13H17N3/c1-10-3-5-12(6-4-10)9-16-11(2)15-8-13(16)7-14/h3-6,8H,7,9,14H2,1-2H3. The highest BCUT2D eigenvalue weighted by Gasteiger charge is 2.05. The number of rotatable bonds is 3. The Balaban J connectivity index is 2.26. The van der Waals surface area contributed by atoms with Crippen LogP contribution in [0.1, 0.15) is 22.6 Å². The van der Waals surface area contributed by atoms with E-state index < -0.39 is 0 Å². The molecule has 3 nitrogen and oxygen atoms in total. The van der Waals surface area contributed by atoms with Crippen molar-refractivity contribution in [2.24, 2.45) is 5.73 Å². The highest BCUT2D eigenvalue weighted by molar-refractivity contribution is 5.22. The predicted molar refractivity (Wildman–Crippen MR) is 65.1 cm³/mol. The summed E-state index contributed by atoms with van der Waals surface area (Å²) in [5.41, 5.74) is 9.32. The van der Waals surface area contributed by atoms with Crippen LogP contribution < -0.4 is 5.73 Å². The first-order chi connectivity index (χ1) is 7.70. The Hall–Kier alpha value is -1.61. The average Bonchev–Trinajstić information content (AvgIpc) is 2.63. The molecule has 0 aliphatic heterocycles. The van der Waals surface area contributed by atoms with E-state index in [1.165, 1.54) is 11.1 Å². The smallest absolute Gasteiger partial charge is 0.106 e. The lowest BCUT2D eigenvalue weighted by molar-refractivity contribution is 0.713. The van der Waals surface area contributed by atoms with E-state index in [1.54, 1.807) is 0 Å². The second-order valence-electron chi connectivity index (χ2n) is 4.07. The van der Waals surface area contributed by atoms with Crippen molar-refractivity contribution in [3.63, 3.8) is 0 Å². The van der Waals surface area contributed by atoms with Crippen LogP contribution in [0, 0.1) is 13.8 Å². The van der Waals surface area contributed by atoms with Crippen LogP contribution in [0.25, 0.3) is 0 Å². The summed E-state index contributed by atoms with van der Waals surface area (Å²) in [4.78, 5) is 4.28. The highest BCUT2D eigenvalue weighted by Crippen LogP contribution is 2.10. The third-order valence-electron chi connectivity index (χ3n) is 2.81. The molecule has 3 heteroatoms. The molecule has 0 spiro atoms. The SMILES string of the molecule is Cc1ccc(Cn2c(CN)cnc2C)cc1. The third kappa shape index (κ3) is 2.14. The molecule has 0 atom stereocenters. The van der Waals surface area contributed by atoms with Gasteiger partial charge in [-0.15, -0.1) is 0 Å². The minimum atomic E-state index is 0.534. The van der Waals surface area contributed by atoms with Crippen LogP contribution in [0.2, 0.25) is 0 Å². The highest BCUT2D eigenvalue weighted by atomic mass is 15.1. The molecule has 0 bridgehead atoms. The molecule has 16 heavy (non-hydrogen) atoms. The summed E-state index contributed by atoms with van der Waals surface area (Å²) < 4.78 is 2.16. The number of aromatic nitrogens is 2. The Morgan fingerprint density at radius 3 is 2.50 bits per heavy atom. The fraction of sp³-hybridized carbons (Fsp3) is 0.308. The molecule has 2 aromatic rings. The molecule has 84 valence electrons. The van der Waals surface area contributed by atoms with E-state index in [0.717, 1.165) is 18.1 Å². The van der Waals surface area contributed by atoms with Gasteiger partial charge in [0.25, 0.3) is 0 Å². The number of aryl methyl sites for hydroxylation is 2. The van der Waals surface area contributed by atoms with E-state index in [1.807, 2.05) is 13.1 Å². The van der Waals surface area contributed by atoms with Gasteiger partial charge in [0, 0.05) is 19.3 Å². The average molecular weight is 215 g/mol. The lowest BCUT2D eigenvalue weighted by Gasteiger charge is -2.09. The molecule has 0 aliphatic rings. The van der Waals surface area contributed by atoms with Crippen LogP contribution in [-0.2, 0) is 13.1 Å². The number of nitrogens with two attached hydrogens (primary N) is 1. The number of benzene rings is 1. The fourth-order valence-electron chi connectivity index (χ4n) is 1.77. The number of imidazole rings is 1. The largest absolute Gasteiger partial charge is 0.327 e. The molecule has 0 saturated heterocycles. The molecule has 2 N–H and O–H groups in total. The predicted octanol–water partition coefficient (Wildman–Crippen LogP) is 2.01. The molecule has 0 saturated carbocycles. The van der Waals surface area contributed by atoms with Gasteiger partial charge < -0.3 is 10.3 Å². The zero-order chi connectivity index (χ0) is 11.5. The summed E-state index contributed by atoms with van der Waals surface area (Å²) in [6.07, 6.45) is 1.85. The van der Waals surface area contributed by atoms with Gasteiger partial charge in [-0.25, -0.2) is 4.98 Å². The van der Waals surface area contributed by atoms with Crippen LogP contribution in [-0.4, -0.2) is 9.55 Å². The minimum Gasteiger partial charge on any atom is -0.327 e. The van der Waals surface area contributed by atoms with Gasteiger partial charge in [-0.2, -0.15) is 0 Å². The summed E-state index contributed by atoms with van der Waals surface area (Å²) in [6.45, 7) is 5.48. The van der Waals surface area contributed by atoms with Gasteiger partial charge >= 0.3 is 0 Å². The van der Waals surface area contributed by atoms with Crippen molar-refractivity contribution >= 4 is 0 Å². The molecule has 0 fully saturated rings. The van der Waals surface area contributed by atoms with Crippen molar-refractivity contribution in [2.75, 3.05) is 0 Å². The molecule has 1 aromatic heterocycles. The Morgan fingerprint density at radius 2 is 1.88 bits per heavy atom. The zero-order valence-electron chi connectivity index (χ0n) is 9.77. The molecule has 0 radical (unpaired) electrons. The normalized spacial score (nSPS) is 10.7. The molecule has 0 unspecified atom stereocenters. The summed E-state index contributed by atoms with van der Waals surface area (Å²) in [5.74, 6) is 1.01. The van der Waals surface area contributed by atoms with E-state index in [-0.39, 0.29) is 0 Å². The molecule has 0 aliphatic carbocycles. The van der Waals surface area contributed by atoms with Crippen LogP contribution in [0.3, 0.4) is 0 Å². The molecule has 2 rings (SSSR count). The van der Waals surface area contributed by atoms with Crippen LogP contribution in [0.15, 0.2) is 30.5 Å². The quantitative estimate of drug-likeness (QED) is 0.851. The van der Waals surface area contributed by atoms with Gasteiger partial charge in [0.1, 0.15) is 5.82 Å². The fourth-order valence-corrected chi connectivity index (χ4v) is 1.77. The number of hydrogen-bond acceptors (Lipinski definition) is 2. The van der Waals surface area contributed by atoms with E-state index in [9.17, 15) is 0 Å². The summed E-state index contributed by atoms with van der Waals surface area (Å²) in [5, 5.41) is 0. The maximum Gasteiger partial charge on any atom is 0.106 e. The molecular weight excluding hydrogens is 198 g/mol.